The van der Waals surface area contributed by atoms with Crippen molar-refractivity contribution in [3.63, 3.8) is 0 Å². The van der Waals surface area contributed by atoms with Gasteiger partial charge in [-0.1, -0.05) is 30.7 Å². The van der Waals surface area contributed by atoms with Gasteiger partial charge in [0.05, 0.1) is 5.41 Å². The number of aryl methyl sites for hydroxylation is 1. The highest BCUT2D eigenvalue weighted by molar-refractivity contribution is 6.30. The van der Waals surface area contributed by atoms with E-state index in [-0.39, 0.29) is 30.7 Å². The van der Waals surface area contributed by atoms with Gasteiger partial charge in [0.1, 0.15) is 12.1 Å². The Bertz CT molecular complexity index is 941. The second-order valence-electron chi connectivity index (χ2n) is 8.79. The second kappa shape index (κ2) is 10.1. The number of hydrogen-bond acceptors (Lipinski definition) is 5. The van der Waals surface area contributed by atoms with Crippen LogP contribution in [0.5, 0.6) is 0 Å². The largest absolute Gasteiger partial charge is 0.353 e. The van der Waals surface area contributed by atoms with E-state index >= 15 is 0 Å². The smallest absolute Gasteiger partial charge is 0.234 e. The van der Waals surface area contributed by atoms with Crippen molar-refractivity contribution in [3.05, 3.63) is 52.4 Å². The summed E-state index contributed by atoms with van der Waals surface area (Å²) in [6.07, 6.45) is 4.71. The fraction of sp³-hybridized carbons (Fsp3) is 0.522. The number of carbonyl (C=O) groups is 1. The van der Waals surface area contributed by atoms with Gasteiger partial charge < -0.3 is 15.1 Å². The number of rotatable bonds is 3. The predicted molar refractivity (Wildman–Crippen MR) is 133 cm³/mol. The molecule has 0 bridgehead atoms. The summed E-state index contributed by atoms with van der Waals surface area (Å²) in [7, 11) is 0. The number of nitrogens with zero attached hydrogens (tertiary/aromatic N) is 4. The lowest BCUT2D eigenvalue weighted by atomic mass is 9.78. The SMILES string of the molecule is C[C@@H]1CCc2ncnc(N3CCN(C(=O)C4(c5ccc(Cl)cc5)CCNC4)CC3)c21.Cl.Cl. The van der Waals surface area contributed by atoms with Crippen LogP contribution < -0.4 is 10.2 Å². The molecule has 3 aliphatic rings. The Morgan fingerprint density at radius 3 is 2.50 bits per heavy atom. The molecule has 3 heterocycles. The average Bonchev–Trinajstić information content (AvgIpc) is 3.42. The zero-order valence-corrected chi connectivity index (χ0v) is 20.6. The first-order chi connectivity index (χ1) is 14.6. The monoisotopic (exact) mass is 497 g/mol. The van der Waals surface area contributed by atoms with Gasteiger partial charge in [-0.2, -0.15) is 0 Å². The Morgan fingerprint density at radius 2 is 1.84 bits per heavy atom. The van der Waals surface area contributed by atoms with E-state index in [1.54, 1.807) is 6.33 Å². The molecule has 5 rings (SSSR count). The van der Waals surface area contributed by atoms with Crippen LogP contribution in [0.1, 0.15) is 42.5 Å². The van der Waals surface area contributed by atoms with E-state index in [0.29, 0.717) is 17.5 Å². The van der Waals surface area contributed by atoms with Crippen molar-refractivity contribution < 1.29 is 4.79 Å². The zero-order valence-electron chi connectivity index (χ0n) is 18.2. The number of benzene rings is 1. The molecule has 0 radical (unpaired) electrons. The molecular formula is C23H30Cl3N5O. The third kappa shape index (κ3) is 4.30. The van der Waals surface area contributed by atoms with Crippen molar-refractivity contribution in [3.8, 4) is 0 Å². The summed E-state index contributed by atoms with van der Waals surface area (Å²) < 4.78 is 0. The molecule has 1 aromatic carbocycles. The predicted octanol–water partition coefficient (Wildman–Crippen LogP) is 3.60. The Balaban J connectivity index is 0.00000144. The minimum absolute atomic E-state index is 0. The van der Waals surface area contributed by atoms with Crippen LogP contribution in [-0.4, -0.2) is 60.0 Å². The molecule has 0 spiro atoms. The van der Waals surface area contributed by atoms with Gasteiger partial charge in [-0.05, 0) is 49.4 Å². The Morgan fingerprint density at radius 1 is 1.12 bits per heavy atom. The number of halogens is 3. The number of amides is 1. The summed E-state index contributed by atoms with van der Waals surface area (Å²) in [4.78, 5) is 27.2. The van der Waals surface area contributed by atoms with Crippen LogP contribution in [0.3, 0.4) is 0 Å². The molecule has 2 atom stereocenters. The van der Waals surface area contributed by atoms with Crippen LogP contribution in [0.25, 0.3) is 0 Å². The van der Waals surface area contributed by atoms with Gasteiger partial charge >= 0.3 is 0 Å². The summed E-state index contributed by atoms with van der Waals surface area (Å²) in [5.41, 5.74) is 3.09. The molecule has 1 amide bonds. The molecule has 1 aromatic heterocycles. The van der Waals surface area contributed by atoms with E-state index < -0.39 is 5.41 Å². The molecule has 2 aromatic rings. The number of fused-ring (bicyclic) bond motifs is 1. The highest BCUT2D eigenvalue weighted by Gasteiger charge is 2.45. The lowest BCUT2D eigenvalue weighted by Crippen LogP contribution is -2.55. The molecule has 2 saturated heterocycles. The fourth-order valence-corrected chi connectivity index (χ4v) is 5.44. The maximum atomic E-state index is 13.7. The molecule has 9 heteroatoms. The maximum Gasteiger partial charge on any atom is 0.234 e. The van der Waals surface area contributed by atoms with E-state index in [4.69, 9.17) is 11.6 Å². The third-order valence-electron chi connectivity index (χ3n) is 7.08. The van der Waals surface area contributed by atoms with Crippen molar-refractivity contribution in [1.29, 1.82) is 0 Å². The van der Waals surface area contributed by atoms with Crippen LogP contribution in [-0.2, 0) is 16.6 Å². The minimum atomic E-state index is -0.489. The molecule has 2 fully saturated rings. The number of carbonyl (C=O) groups excluding carboxylic acids is 1. The molecule has 0 saturated carbocycles. The molecule has 1 aliphatic carbocycles. The minimum Gasteiger partial charge on any atom is -0.353 e. The summed E-state index contributed by atoms with van der Waals surface area (Å²) in [5, 5.41) is 4.11. The van der Waals surface area contributed by atoms with Gasteiger partial charge in [0.25, 0.3) is 0 Å². The van der Waals surface area contributed by atoms with E-state index in [1.165, 1.54) is 11.3 Å². The summed E-state index contributed by atoms with van der Waals surface area (Å²) in [5.74, 6) is 1.82. The van der Waals surface area contributed by atoms with Crippen LogP contribution in [0.4, 0.5) is 5.82 Å². The second-order valence-corrected chi connectivity index (χ2v) is 9.23. The normalized spacial score (nSPS) is 24.5. The number of aromatic nitrogens is 2. The topological polar surface area (TPSA) is 61.4 Å². The lowest BCUT2D eigenvalue weighted by molar-refractivity contribution is -0.137. The maximum absolute atomic E-state index is 13.7. The van der Waals surface area contributed by atoms with Crippen LogP contribution in [0, 0.1) is 0 Å². The first-order valence-corrected chi connectivity index (χ1v) is 11.3. The summed E-state index contributed by atoms with van der Waals surface area (Å²) in [6, 6.07) is 7.79. The summed E-state index contributed by atoms with van der Waals surface area (Å²) >= 11 is 6.09. The van der Waals surface area contributed by atoms with Crippen LogP contribution in [0.15, 0.2) is 30.6 Å². The first kappa shape index (κ1) is 25.0. The van der Waals surface area contributed by atoms with E-state index in [2.05, 4.69) is 27.1 Å². The Kier molecular flexibility index (Phi) is 7.92. The van der Waals surface area contributed by atoms with Crippen molar-refractivity contribution in [2.45, 2.75) is 37.5 Å². The number of anilines is 1. The van der Waals surface area contributed by atoms with Gasteiger partial charge in [0.2, 0.25) is 5.91 Å². The van der Waals surface area contributed by atoms with Crippen molar-refractivity contribution in [2.75, 3.05) is 44.2 Å². The quantitative estimate of drug-likeness (QED) is 0.701. The van der Waals surface area contributed by atoms with Crippen LogP contribution >= 0.6 is 36.4 Å². The third-order valence-corrected chi connectivity index (χ3v) is 7.33. The Hall–Kier alpha value is -1.60. The molecule has 1 N–H and O–H groups in total. The number of hydrogen-bond donors (Lipinski definition) is 1. The fourth-order valence-electron chi connectivity index (χ4n) is 5.31. The standard InChI is InChI=1S/C23H28ClN5O.2ClH/c1-16-2-7-19-20(16)21(27-15-26-19)28-10-12-29(13-11-28)22(30)23(8-9-25-14-23)17-3-5-18(24)6-4-17;;/h3-6,15-16,25H,2,7-14H2,1H3;2*1H/t16-,23?;;/m1../s1. The van der Waals surface area contributed by atoms with Gasteiger partial charge in [-0.25, -0.2) is 9.97 Å². The molecule has 32 heavy (non-hydrogen) atoms. The first-order valence-electron chi connectivity index (χ1n) is 10.9. The lowest BCUT2D eigenvalue weighted by Gasteiger charge is -2.40. The van der Waals surface area contributed by atoms with Crippen LogP contribution in [0.2, 0.25) is 5.02 Å². The Labute approximate surface area is 206 Å². The van der Waals surface area contributed by atoms with Gasteiger partial charge in [0.15, 0.2) is 0 Å². The summed E-state index contributed by atoms with van der Waals surface area (Å²) in [6.45, 7) is 6.88. The van der Waals surface area contributed by atoms with Crippen molar-refractivity contribution in [1.82, 2.24) is 20.2 Å². The molecule has 1 unspecified atom stereocenters. The van der Waals surface area contributed by atoms with Gasteiger partial charge in [-0.3, -0.25) is 4.79 Å². The molecule has 174 valence electrons. The molecule has 6 nitrogen and oxygen atoms in total. The van der Waals surface area contributed by atoms with Crippen molar-refractivity contribution in [2.24, 2.45) is 0 Å². The van der Waals surface area contributed by atoms with Crippen molar-refractivity contribution >= 4 is 48.1 Å². The molecular weight excluding hydrogens is 469 g/mol. The van der Waals surface area contributed by atoms with Gasteiger partial charge in [0, 0.05) is 49.0 Å². The number of piperazine rings is 1. The van der Waals surface area contributed by atoms with E-state index in [0.717, 1.165) is 63.4 Å². The molecule has 2 aliphatic heterocycles. The van der Waals surface area contributed by atoms with E-state index in [1.807, 2.05) is 29.2 Å². The number of nitrogens with one attached hydrogen (secondary N) is 1. The highest BCUT2D eigenvalue weighted by Crippen LogP contribution is 2.38. The zero-order chi connectivity index (χ0) is 20.7. The average molecular weight is 499 g/mol. The van der Waals surface area contributed by atoms with E-state index in [9.17, 15) is 4.79 Å². The highest BCUT2D eigenvalue weighted by atomic mass is 35.5. The van der Waals surface area contributed by atoms with Gasteiger partial charge in [-0.15, -0.1) is 24.8 Å².